The quantitative estimate of drug-likeness (QED) is 0.799. The average molecular weight is 430 g/mol. The van der Waals surface area contributed by atoms with E-state index in [1.807, 2.05) is 6.92 Å². The predicted molar refractivity (Wildman–Crippen MR) is 117 cm³/mol. The van der Waals surface area contributed by atoms with Crippen LogP contribution in [0.2, 0.25) is 0 Å². The molecule has 1 aromatic heterocycles. The summed E-state index contributed by atoms with van der Waals surface area (Å²) in [5.74, 6) is 2.92. The summed E-state index contributed by atoms with van der Waals surface area (Å²) < 4.78 is 0. The fourth-order valence-electron chi connectivity index (χ4n) is 4.55. The van der Waals surface area contributed by atoms with Gasteiger partial charge in [-0.2, -0.15) is 0 Å². The Morgan fingerprint density at radius 1 is 1.14 bits per heavy atom. The Kier molecular flexibility index (Phi) is 7.56. The third-order valence-corrected chi connectivity index (χ3v) is 6.38. The molecule has 3 aliphatic rings. The van der Waals surface area contributed by atoms with Crippen LogP contribution in [0.4, 0.5) is 5.82 Å². The van der Waals surface area contributed by atoms with Crippen LogP contribution in [0.25, 0.3) is 0 Å². The van der Waals surface area contributed by atoms with Gasteiger partial charge >= 0.3 is 0 Å². The minimum Gasteiger partial charge on any atom is -0.353 e. The molecule has 0 aromatic carbocycles. The summed E-state index contributed by atoms with van der Waals surface area (Å²) in [5, 5.41) is 3.42. The molecule has 0 radical (unpaired) electrons. The van der Waals surface area contributed by atoms with Gasteiger partial charge in [-0.1, -0.05) is 13.8 Å². The second kappa shape index (κ2) is 9.14. The van der Waals surface area contributed by atoms with Crippen molar-refractivity contribution in [1.29, 1.82) is 0 Å². The van der Waals surface area contributed by atoms with E-state index in [2.05, 4.69) is 40.0 Å². The summed E-state index contributed by atoms with van der Waals surface area (Å²) in [7, 11) is 0. The molecule has 1 aromatic rings. The number of piperidine rings is 1. The van der Waals surface area contributed by atoms with Crippen LogP contribution in [0.1, 0.15) is 50.5 Å². The molecule has 4 rings (SSSR count). The van der Waals surface area contributed by atoms with Crippen molar-refractivity contribution in [3.8, 4) is 0 Å². The fourth-order valence-corrected chi connectivity index (χ4v) is 4.55. The number of piperazine rings is 1. The molecule has 1 spiro atoms. The molecule has 1 amide bonds. The van der Waals surface area contributed by atoms with Crippen molar-refractivity contribution in [1.82, 2.24) is 20.2 Å². The SMILES string of the molecule is Cc1cc(N2CCN(C(=O)C3CC34CCNCC4)CC2)nc(C(C)C)n1.Cl.Cl. The van der Waals surface area contributed by atoms with Crippen molar-refractivity contribution in [3.05, 3.63) is 17.6 Å². The number of aryl methyl sites for hydroxylation is 1. The zero-order valence-electron chi connectivity index (χ0n) is 17.1. The molecule has 2 saturated heterocycles. The molecule has 1 saturated carbocycles. The Balaban J connectivity index is 0.00000140. The first-order valence-electron chi connectivity index (χ1n) is 10.1. The molecule has 3 heterocycles. The predicted octanol–water partition coefficient (Wildman–Crippen LogP) is 2.79. The van der Waals surface area contributed by atoms with Gasteiger partial charge in [0.25, 0.3) is 0 Å². The van der Waals surface area contributed by atoms with E-state index in [1.54, 1.807) is 0 Å². The number of nitrogens with zero attached hydrogens (tertiary/aromatic N) is 4. The van der Waals surface area contributed by atoms with Crippen LogP contribution in [-0.4, -0.2) is 60.0 Å². The topological polar surface area (TPSA) is 61.4 Å². The molecule has 158 valence electrons. The highest BCUT2D eigenvalue weighted by Crippen LogP contribution is 2.59. The minimum atomic E-state index is 0. The molecular weight excluding hydrogens is 397 g/mol. The maximum Gasteiger partial charge on any atom is 0.226 e. The Labute approximate surface area is 180 Å². The Morgan fingerprint density at radius 3 is 2.39 bits per heavy atom. The number of carbonyl (C=O) groups excluding carboxylic acids is 1. The second-order valence-electron chi connectivity index (χ2n) is 8.56. The minimum absolute atomic E-state index is 0. The first-order chi connectivity index (χ1) is 12.5. The number of nitrogens with one attached hydrogen (secondary N) is 1. The normalized spacial score (nSPS) is 23.2. The fraction of sp³-hybridized carbons (Fsp3) is 0.750. The van der Waals surface area contributed by atoms with Crippen molar-refractivity contribution in [3.63, 3.8) is 0 Å². The summed E-state index contributed by atoms with van der Waals surface area (Å²) in [4.78, 5) is 26.6. The molecule has 1 atom stereocenters. The van der Waals surface area contributed by atoms with Gasteiger partial charge in [-0.15, -0.1) is 24.8 Å². The Hall–Kier alpha value is -1.11. The van der Waals surface area contributed by atoms with E-state index >= 15 is 0 Å². The van der Waals surface area contributed by atoms with Gasteiger partial charge in [0.05, 0.1) is 0 Å². The van der Waals surface area contributed by atoms with Gasteiger partial charge in [0.1, 0.15) is 11.6 Å². The number of halogens is 2. The highest BCUT2D eigenvalue weighted by atomic mass is 35.5. The zero-order valence-corrected chi connectivity index (χ0v) is 18.7. The summed E-state index contributed by atoms with van der Waals surface area (Å²) in [6.07, 6.45) is 3.44. The second-order valence-corrected chi connectivity index (χ2v) is 8.56. The van der Waals surface area contributed by atoms with Gasteiger partial charge in [0.2, 0.25) is 5.91 Å². The number of aromatic nitrogens is 2. The first kappa shape index (κ1) is 23.2. The Bertz CT molecular complexity index is 685. The van der Waals surface area contributed by atoms with Gasteiger partial charge in [0, 0.05) is 49.8 Å². The molecule has 1 N–H and O–H groups in total. The van der Waals surface area contributed by atoms with E-state index in [1.165, 1.54) is 12.8 Å². The van der Waals surface area contributed by atoms with Crippen molar-refractivity contribution in [2.24, 2.45) is 11.3 Å². The van der Waals surface area contributed by atoms with E-state index in [0.717, 1.165) is 63.0 Å². The molecule has 28 heavy (non-hydrogen) atoms. The summed E-state index contributed by atoms with van der Waals surface area (Å²) in [5.41, 5.74) is 1.35. The molecule has 6 nitrogen and oxygen atoms in total. The monoisotopic (exact) mass is 429 g/mol. The average Bonchev–Trinajstić information content (AvgIpc) is 3.34. The maximum atomic E-state index is 12.9. The number of carbonyl (C=O) groups is 1. The van der Waals surface area contributed by atoms with Gasteiger partial charge < -0.3 is 15.1 Å². The Morgan fingerprint density at radius 2 is 1.79 bits per heavy atom. The summed E-state index contributed by atoms with van der Waals surface area (Å²) >= 11 is 0. The highest BCUT2D eigenvalue weighted by Gasteiger charge is 2.58. The third kappa shape index (κ3) is 4.55. The number of anilines is 1. The molecule has 2 aliphatic heterocycles. The number of rotatable bonds is 3. The van der Waals surface area contributed by atoms with Crippen molar-refractivity contribution < 1.29 is 4.79 Å². The zero-order chi connectivity index (χ0) is 18.3. The largest absolute Gasteiger partial charge is 0.353 e. The molecule has 1 aliphatic carbocycles. The van der Waals surface area contributed by atoms with Crippen LogP contribution in [0, 0.1) is 18.3 Å². The van der Waals surface area contributed by atoms with Gasteiger partial charge in [-0.05, 0) is 44.7 Å². The standard InChI is InChI=1S/C20H31N5O.2ClH/c1-14(2)18-22-15(3)12-17(23-18)24-8-10-25(11-9-24)19(26)16-13-20(16)4-6-21-7-5-20;;/h12,14,16,21H,4-11,13H2,1-3H3;2*1H. The summed E-state index contributed by atoms with van der Waals surface area (Å²) in [6.45, 7) is 11.8. The lowest BCUT2D eigenvalue weighted by Crippen LogP contribution is -2.50. The lowest BCUT2D eigenvalue weighted by molar-refractivity contribution is -0.133. The molecule has 3 fully saturated rings. The van der Waals surface area contributed by atoms with Gasteiger partial charge in [0.15, 0.2) is 0 Å². The van der Waals surface area contributed by atoms with Crippen molar-refractivity contribution in [2.75, 3.05) is 44.2 Å². The van der Waals surface area contributed by atoms with E-state index in [-0.39, 0.29) is 30.7 Å². The molecule has 1 unspecified atom stereocenters. The third-order valence-electron chi connectivity index (χ3n) is 6.38. The van der Waals surface area contributed by atoms with Crippen LogP contribution < -0.4 is 10.2 Å². The van der Waals surface area contributed by atoms with E-state index < -0.39 is 0 Å². The summed E-state index contributed by atoms with van der Waals surface area (Å²) in [6, 6.07) is 2.06. The smallest absolute Gasteiger partial charge is 0.226 e. The van der Waals surface area contributed by atoms with Crippen LogP contribution >= 0.6 is 24.8 Å². The van der Waals surface area contributed by atoms with Crippen molar-refractivity contribution in [2.45, 2.75) is 46.0 Å². The number of amides is 1. The van der Waals surface area contributed by atoms with Crippen molar-refractivity contribution >= 4 is 36.5 Å². The lowest BCUT2D eigenvalue weighted by Gasteiger charge is -2.36. The van der Waals surface area contributed by atoms with Crippen LogP contribution in [0.5, 0.6) is 0 Å². The highest BCUT2D eigenvalue weighted by molar-refractivity contribution is 5.85. The molecule has 8 heteroatoms. The number of hydrogen-bond acceptors (Lipinski definition) is 5. The maximum absolute atomic E-state index is 12.9. The molecule has 0 bridgehead atoms. The van der Waals surface area contributed by atoms with E-state index in [0.29, 0.717) is 17.2 Å². The van der Waals surface area contributed by atoms with Crippen LogP contribution in [-0.2, 0) is 4.79 Å². The van der Waals surface area contributed by atoms with Crippen LogP contribution in [0.15, 0.2) is 6.07 Å². The van der Waals surface area contributed by atoms with Gasteiger partial charge in [-0.25, -0.2) is 9.97 Å². The van der Waals surface area contributed by atoms with Gasteiger partial charge in [-0.3, -0.25) is 4.79 Å². The molecular formula is C20H33Cl2N5O. The van der Waals surface area contributed by atoms with E-state index in [9.17, 15) is 4.79 Å². The van der Waals surface area contributed by atoms with E-state index in [4.69, 9.17) is 4.98 Å². The number of hydrogen-bond donors (Lipinski definition) is 1. The first-order valence-corrected chi connectivity index (χ1v) is 10.1. The van der Waals surface area contributed by atoms with Crippen LogP contribution in [0.3, 0.4) is 0 Å². The lowest BCUT2D eigenvalue weighted by atomic mass is 9.91.